The van der Waals surface area contributed by atoms with Crippen LogP contribution in [0.5, 0.6) is 11.5 Å². The minimum atomic E-state index is -0.786. The summed E-state index contributed by atoms with van der Waals surface area (Å²) in [6.07, 6.45) is 0.935. The summed E-state index contributed by atoms with van der Waals surface area (Å²) in [7, 11) is 1.60. The molecule has 0 aliphatic rings. The van der Waals surface area contributed by atoms with Crippen LogP contribution in [0.25, 0.3) is 0 Å². The van der Waals surface area contributed by atoms with E-state index in [4.69, 9.17) is 9.47 Å². The van der Waals surface area contributed by atoms with E-state index in [0.717, 1.165) is 11.3 Å². The third-order valence-corrected chi connectivity index (χ3v) is 6.12. The minimum absolute atomic E-state index is 0.00254. The number of nitrogens with one attached hydrogen (secondary N) is 1. The van der Waals surface area contributed by atoms with E-state index in [-0.39, 0.29) is 30.7 Å². The first-order valence-electron chi connectivity index (χ1n) is 13.0. The molecule has 38 heavy (non-hydrogen) atoms. The Hall–Kier alpha value is -3.87. The zero-order valence-corrected chi connectivity index (χ0v) is 22.4. The van der Waals surface area contributed by atoms with Crippen LogP contribution in [0.15, 0.2) is 78.9 Å². The summed E-state index contributed by atoms with van der Waals surface area (Å²) in [6, 6.07) is 22.4. The molecule has 0 unspecified atom stereocenters. The SMILES string of the molecule is COc1ccc(OCCCC(=O)N(Cc2ccccc2F)[C@@H](Cc2ccccc2)C(=O)NCC(C)C)cc1. The molecular formula is C31H37FN2O4. The van der Waals surface area contributed by atoms with Crippen LogP contribution in [0, 0.1) is 11.7 Å². The topological polar surface area (TPSA) is 67.9 Å². The molecule has 0 aromatic heterocycles. The van der Waals surface area contributed by atoms with Gasteiger partial charge in [0.1, 0.15) is 23.4 Å². The highest BCUT2D eigenvalue weighted by atomic mass is 19.1. The van der Waals surface area contributed by atoms with Crippen LogP contribution in [-0.2, 0) is 22.6 Å². The molecule has 202 valence electrons. The van der Waals surface area contributed by atoms with Gasteiger partial charge in [-0.2, -0.15) is 0 Å². The number of carbonyl (C=O) groups is 2. The molecule has 1 atom stereocenters. The van der Waals surface area contributed by atoms with Gasteiger partial charge in [0, 0.05) is 31.5 Å². The predicted molar refractivity (Wildman–Crippen MR) is 146 cm³/mol. The maximum atomic E-state index is 14.6. The Morgan fingerprint density at radius 3 is 2.24 bits per heavy atom. The molecule has 1 N–H and O–H groups in total. The van der Waals surface area contributed by atoms with Gasteiger partial charge in [0.05, 0.1) is 13.7 Å². The molecule has 0 bridgehead atoms. The van der Waals surface area contributed by atoms with E-state index in [1.54, 1.807) is 49.6 Å². The van der Waals surface area contributed by atoms with E-state index in [2.05, 4.69) is 5.32 Å². The molecule has 0 spiro atoms. The monoisotopic (exact) mass is 520 g/mol. The number of rotatable bonds is 14. The number of amides is 2. The number of halogens is 1. The average Bonchev–Trinajstić information content (AvgIpc) is 2.93. The number of ether oxygens (including phenoxy) is 2. The molecule has 0 fully saturated rings. The summed E-state index contributed by atoms with van der Waals surface area (Å²) in [5.41, 5.74) is 1.29. The third kappa shape index (κ3) is 8.91. The molecule has 0 radical (unpaired) electrons. The first-order chi connectivity index (χ1) is 18.4. The van der Waals surface area contributed by atoms with Gasteiger partial charge in [-0.1, -0.05) is 62.4 Å². The largest absolute Gasteiger partial charge is 0.497 e. The third-order valence-electron chi connectivity index (χ3n) is 6.12. The van der Waals surface area contributed by atoms with Crippen molar-refractivity contribution in [1.29, 1.82) is 0 Å². The summed E-state index contributed by atoms with van der Waals surface area (Å²) < 4.78 is 25.6. The molecule has 0 aliphatic carbocycles. The van der Waals surface area contributed by atoms with Crippen molar-refractivity contribution in [2.24, 2.45) is 5.92 Å². The van der Waals surface area contributed by atoms with Crippen LogP contribution >= 0.6 is 0 Å². The van der Waals surface area contributed by atoms with E-state index < -0.39 is 11.9 Å². The van der Waals surface area contributed by atoms with E-state index >= 15 is 0 Å². The van der Waals surface area contributed by atoms with Crippen molar-refractivity contribution in [2.45, 2.75) is 45.7 Å². The van der Waals surface area contributed by atoms with Crippen molar-refractivity contribution in [1.82, 2.24) is 10.2 Å². The normalized spacial score (nSPS) is 11.6. The van der Waals surface area contributed by atoms with E-state index in [1.165, 1.54) is 11.0 Å². The summed E-state index contributed by atoms with van der Waals surface area (Å²) in [6.45, 7) is 4.84. The number of carbonyl (C=O) groups excluding carboxylic acids is 2. The lowest BCUT2D eigenvalue weighted by Crippen LogP contribution is -2.51. The smallest absolute Gasteiger partial charge is 0.243 e. The molecule has 0 aliphatic heterocycles. The van der Waals surface area contributed by atoms with Crippen LogP contribution in [0.2, 0.25) is 0 Å². The van der Waals surface area contributed by atoms with Gasteiger partial charge in [-0.3, -0.25) is 9.59 Å². The number of hydrogen-bond donors (Lipinski definition) is 1. The van der Waals surface area contributed by atoms with Gasteiger partial charge < -0.3 is 19.7 Å². The van der Waals surface area contributed by atoms with Crippen LogP contribution in [-0.4, -0.2) is 43.0 Å². The van der Waals surface area contributed by atoms with Gasteiger partial charge in [-0.05, 0) is 48.2 Å². The van der Waals surface area contributed by atoms with Crippen molar-refractivity contribution in [3.8, 4) is 11.5 Å². The van der Waals surface area contributed by atoms with Gasteiger partial charge in [-0.15, -0.1) is 0 Å². The summed E-state index contributed by atoms with van der Waals surface area (Å²) in [5, 5.41) is 2.97. The number of benzene rings is 3. The Labute approximate surface area is 224 Å². The Bertz CT molecular complexity index is 1150. The lowest BCUT2D eigenvalue weighted by molar-refractivity contribution is -0.141. The highest BCUT2D eigenvalue weighted by Gasteiger charge is 2.30. The lowest BCUT2D eigenvalue weighted by Gasteiger charge is -2.32. The van der Waals surface area contributed by atoms with Crippen LogP contribution in [0.3, 0.4) is 0 Å². The summed E-state index contributed by atoms with van der Waals surface area (Å²) in [5.74, 6) is 0.776. The van der Waals surface area contributed by atoms with Crippen molar-refractivity contribution in [3.05, 3.63) is 95.8 Å². The molecule has 6 nitrogen and oxygen atoms in total. The molecule has 3 rings (SSSR count). The average molecular weight is 521 g/mol. The molecule has 0 heterocycles. The van der Waals surface area contributed by atoms with Gasteiger partial charge in [0.2, 0.25) is 11.8 Å². The van der Waals surface area contributed by atoms with Gasteiger partial charge in [0.15, 0.2) is 0 Å². The number of hydrogen-bond acceptors (Lipinski definition) is 4. The van der Waals surface area contributed by atoms with Crippen LogP contribution < -0.4 is 14.8 Å². The summed E-state index contributed by atoms with van der Waals surface area (Å²) >= 11 is 0. The van der Waals surface area contributed by atoms with Crippen LogP contribution in [0.4, 0.5) is 4.39 Å². The molecule has 3 aromatic carbocycles. The van der Waals surface area contributed by atoms with Gasteiger partial charge >= 0.3 is 0 Å². The second-order valence-corrected chi connectivity index (χ2v) is 9.59. The highest BCUT2D eigenvalue weighted by molar-refractivity contribution is 5.88. The second-order valence-electron chi connectivity index (χ2n) is 9.59. The Balaban J connectivity index is 1.77. The maximum Gasteiger partial charge on any atom is 0.243 e. The van der Waals surface area contributed by atoms with Crippen LogP contribution in [0.1, 0.15) is 37.8 Å². The standard InChI is InChI=1S/C31H37FN2O4/c1-23(2)21-33-31(36)29(20-24-10-5-4-6-11-24)34(22-25-12-7-8-13-28(25)32)30(35)14-9-19-38-27-17-15-26(37-3)16-18-27/h4-8,10-13,15-18,23,29H,9,14,19-22H2,1-3H3,(H,33,36)/t29-/m0/s1. The van der Waals surface area contributed by atoms with E-state index in [1.807, 2.05) is 44.2 Å². The molecule has 0 saturated heterocycles. The lowest BCUT2D eigenvalue weighted by atomic mass is 10.0. The summed E-state index contributed by atoms with van der Waals surface area (Å²) in [4.78, 5) is 28.5. The quantitative estimate of drug-likeness (QED) is 0.289. The Kier molecular flexibility index (Phi) is 11.1. The number of methoxy groups -OCH3 is 1. The van der Waals surface area contributed by atoms with E-state index in [0.29, 0.717) is 37.3 Å². The minimum Gasteiger partial charge on any atom is -0.497 e. The molecule has 7 heteroatoms. The molecule has 0 saturated carbocycles. The maximum absolute atomic E-state index is 14.6. The van der Waals surface area contributed by atoms with Crippen molar-refractivity contribution in [3.63, 3.8) is 0 Å². The van der Waals surface area contributed by atoms with Crippen molar-refractivity contribution < 1.29 is 23.5 Å². The fourth-order valence-electron chi connectivity index (χ4n) is 4.02. The van der Waals surface area contributed by atoms with Gasteiger partial charge in [0.25, 0.3) is 0 Å². The zero-order valence-electron chi connectivity index (χ0n) is 22.4. The fourth-order valence-corrected chi connectivity index (χ4v) is 4.02. The van der Waals surface area contributed by atoms with Gasteiger partial charge in [-0.25, -0.2) is 4.39 Å². The van der Waals surface area contributed by atoms with Crippen molar-refractivity contribution >= 4 is 11.8 Å². The molecule has 2 amide bonds. The fraction of sp³-hybridized carbons (Fsp3) is 0.355. The predicted octanol–water partition coefficient (Wildman–Crippen LogP) is 5.41. The highest BCUT2D eigenvalue weighted by Crippen LogP contribution is 2.20. The first kappa shape index (κ1) is 28.7. The second kappa shape index (κ2) is 14.8. The molecule has 3 aromatic rings. The Morgan fingerprint density at radius 2 is 1.58 bits per heavy atom. The van der Waals surface area contributed by atoms with E-state index in [9.17, 15) is 14.0 Å². The van der Waals surface area contributed by atoms with Crippen molar-refractivity contribution in [2.75, 3.05) is 20.3 Å². The zero-order chi connectivity index (χ0) is 27.3. The first-order valence-corrected chi connectivity index (χ1v) is 13.0. The molecular weight excluding hydrogens is 483 g/mol. The Morgan fingerprint density at radius 1 is 0.921 bits per heavy atom. The number of nitrogens with zero attached hydrogens (tertiary/aromatic N) is 1.